The molecule has 3 atom stereocenters. The Labute approximate surface area is 126 Å². The van der Waals surface area contributed by atoms with Crippen LogP contribution in [0.4, 0.5) is 5.69 Å². The molecule has 108 valence electrons. The van der Waals surface area contributed by atoms with E-state index in [9.17, 15) is 0 Å². The molecule has 2 unspecified atom stereocenters. The van der Waals surface area contributed by atoms with Crippen LogP contribution >= 0.6 is 0 Å². The molecule has 2 nitrogen and oxygen atoms in total. The van der Waals surface area contributed by atoms with Gasteiger partial charge in [0, 0.05) is 29.7 Å². The Balaban J connectivity index is 1.49. The predicted molar refractivity (Wildman–Crippen MR) is 86.4 cm³/mol. The molecule has 2 aliphatic rings. The largest absolute Gasteiger partial charge is 0.366 e. The van der Waals surface area contributed by atoms with Gasteiger partial charge in [-0.1, -0.05) is 24.3 Å². The Morgan fingerprint density at radius 2 is 1.62 bits per heavy atom. The van der Waals surface area contributed by atoms with Crippen LogP contribution in [-0.2, 0) is 6.42 Å². The predicted octanol–water partition coefficient (Wildman–Crippen LogP) is 4.07. The highest BCUT2D eigenvalue weighted by molar-refractivity contribution is 5.50. The minimum atomic E-state index is 0.736. The lowest BCUT2D eigenvalue weighted by Crippen LogP contribution is -2.43. The number of aromatic nitrogens is 1. The van der Waals surface area contributed by atoms with Gasteiger partial charge in [0.25, 0.3) is 0 Å². The van der Waals surface area contributed by atoms with Crippen LogP contribution in [0.3, 0.4) is 0 Å². The summed E-state index contributed by atoms with van der Waals surface area (Å²) in [7, 11) is 0. The Hall–Kier alpha value is -1.83. The zero-order chi connectivity index (χ0) is 14.1. The van der Waals surface area contributed by atoms with Crippen molar-refractivity contribution in [3.8, 4) is 0 Å². The molecule has 0 saturated carbocycles. The van der Waals surface area contributed by atoms with Crippen LogP contribution in [0.25, 0.3) is 0 Å². The van der Waals surface area contributed by atoms with Gasteiger partial charge in [-0.2, -0.15) is 0 Å². The van der Waals surface area contributed by atoms with E-state index in [1.54, 1.807) is 0 Å². The van der Waals surface area contributed by atoms with Crippen LogP contribution in [0.15, 0.2) is 54.7 Å². The topological polar surface area (TPSA) is 16.1 Å². The average Bonchev–Trinajstić information content (AvgIpc) is 2.80. The third-order valence-corrected chi connectivity index (χ3v) is 5.11. The second-order valence-electron chi connectivity index (χ2n) is 6.49. The fourth-order valence-corrected chi connectivity index (χ4v) is 4.29. The van der Waals surface area contributed by atoms with Gasteiger partial charge in [0.1, 0.15) is 0 Å². The first-order valence-corrected chi connectivity index (χ1v) is 8.13. The van der Waals surface area contributed by atoms with Crippen LogP contribution in [0.5, 0.6) is 0 Å². The number of piperidine rings is 1. The van der Waals surface area contributed by atoms with E-state index in [1.807, 2.05) is 12.3 Å². The summed E-state index contributed by atoms with van der Waals surface area (Å²) in [5.41, 5.74) is 2.68. The van der Waals surface area contributed by atoms with E-state index in [0.717, 1.165) is 24.4 Å². The van der Waals surface area contributed by atoms with Crippen LogP contribution < -0.4 is 4.90 Å². The van der Waals surface area contributed by atoms with Crippen LogP contribution in [-0.4, -0.2) is 17.1 Å². The number of pyridine rings is 1. The normalized spacial score (nSPS) is 27.8. The third-order valence-electron chi connectivity index (χ3n) is 5.11. The van der Waals surface area contributed by atoms with Crippen molar-refractivity contribution in [1.29, 1.82) is 0 Å². The fourth-order valence-electron chi connectivity index (χ4n) is 4.29. The standard InChI is InChI=1S/C19H22N2/c1-2-7-17(8-3-1)21-18-9-10-19(21)14-15(13-18)12-16-6-4-5-11-20-16/h1-8,11,15,18-19H,9-10,12-14H2/t15?,18-,19?/m0/s1. The van der Waals surface area contributed by atoms with Crippen molar-refractivity contribution in [2.24, 2.45) is 5.92 Å². The molecule has 0 N–H and O–H groups in total. The number of rotatable bonds is 3. The first-order chi connectivity index (χ1) is 10.4. The molecule has 21 heavy (non-hydrogen) atoms. The van der Waals surface area contributed by atoms with Crippen molar-refractivity contribution in [3.05, 3.63) is 60.4 Å². The van der Waals surface area contributed by atoms with E-state index in [4.69, 9.17) is 0 Å². The molecule has 0 aliphatic carbocycles. The molecule has 1 aromatic heterocycles. The molecule has 2 bridgehead atoms. The number of benzene rings is 1. The SMILES string of the molecule is c1ccc(N2C3CC[C@H]2CC(Cc2ccccn2)C3)cc1. The molecule has 4 rings (SSSR count). The maximum absolute atomic E-state index is 4.51. The van der Waals surface area contributed by atoms with E-state index < -0.39 is 0 Å². The van der Waals surface area contributed by atoms with Crippen LogP contribution in [0.1, 0.15) is 31.4 Å². The first-order valence-electron chi connectivity index (χ1n) is 8.13. The lowest BCUT2D eigenvalue weighted by atomic mass is 9.86. The zero-order valence-electron chi connectivity index (χ0n) is 12.4. The van der Waals surface area contributed by atoms with E-state index in [0.29, 0.717) is 0 Å². The van der Waals surface area contributed by atoms with E-state index >= 15 is 0 Å². The molecular weight excluding hydrogens is 256 g/mol. The number of para-hydroxylation sites is 1. The monoisotopic (exact) mass is 278 g/mol. The quantitative estimate of drug-likeness (QED) is 0.841. The molecule has 2 aromatic rings. The highest BCUT2D eigenvalue weighted by Gasteiger charge is 2.40. The lowest BCUT2D eigenvalue weighted by molar-refractivity contribution is 0.336. The minimum absolute atomic E-state index is 0.736. The van der Waals surface area contributed by atoms with Gasteiger partial charge in [0.05, 0.1) is 0 Å². The molecular formula is C19H22N2. The molecule has 2 heteroatoms. The van der Waals surface area contributed by atoms with Gasteiger partial charge in [-0.3, -0.25) is 4.98 Å². The molecule has 0 amide bonds. The van der Waals surface area contributed by atoms with E-state index in [1.165, 1.54) is 37.1 Å². The smallest absolute Gasteiger partial charge is 0.0406 e. The molecule has 3 heterocycles. The summed E-state index contributed by atoms with van der Waals surface area (Å²) in [6.07, 6.45) is 8.43. The molecule has 2 aliphatic heterocycles. The van der Waals surface area contributed by atoms with Gasteiger partial charge in [-0.05, 0) is 62.3 Å². The van der Waals surface area contributed by atoms with E-state index in [-0.39, 0.29) is 0 Å². The summed E-state index contributed by atoms with van der Waals surface area (Å²) in [4.78, 5) is 7.20. The average molecular weight is 278 g/mol. The first kappa shape index (κ1) is 12.9. The Morgan fingerprint density at radius 1 is 0.905 bits per heavy atom. The Bertz CT molecular complexity index is 567. The molecule has 1 aromatic carbocycles. The van der Waals surface area contributed by atoms with Gasteiger partial charge in [-0.25, -0.2) is 0 Å². The Kier molecular flexibility index (Phi) is 3.38. The maximum atomic E-state index is 4.51. The summed E-state index contributed by atoms with van der Waals surface area (Å²) >= 11 is 0. The van der Waals surface area contributed by atoms with Crippen molar-refractivity contribution in [2.75, 3.05) is 4.90 Å². The molecule has 0 spiro atoms. The van der Waals surface area contributed by atoms with Gasteiger partial charge in [-0.15, -0.1) is 0 Å². The van der Waals surface area contributed by atoms with Crippen molar-refractivity contribution in [2.45, 2.75) is 44.2 Å². The zero-order valence-corrected chi connectivity index (χ0v) is 12.4. The summed E-state index contributed by atoms with van der Waals surface area (Å²) in [5.74, 6) is 0.803. The molecule has 2 fully saturated rings. The minimum Gasteiger partial charge on any atom is -0.366 e. The van der Waals surface area contributed by atoms with Crippen LogP contribution in [0, 0.1) is 5.92 Å². The summed E-state index contributed by atoms with van der Waals surface area (Å²) in [6.45, 7) is 0. The third kappa shape index (κ3) is 2.55. The second kappa shape index (κ2) is 5.51. The van der Waals surface area contributed by atoms with Crippen molar-refractivity contribution in [1.82, 2.24) is 4.98 Å². The van der Waals surface area contributed by atoms with E-state index in [2.05, 4.69) is 52.3 Å². The van der Waals surface area contributed by atoms with Crippen molar-refractivity contribution >= 4 is 5.69 Å². The van der Waals surface area contributed by atoms with Gasteiger partial charge in [0.2, 0.25) is 0 Å². The summed E-state index contributed by atoms with van der Waals surface area (Å²) < 4.78 is 0. The number of nitrogens with zero attached hydrogens (tertiary/aromatic N) is 2. The number of hydrogen-bond acceptors (Lipinski definition) is 2. The highest BCUT2D eigenvalue weighted by Crippen LogP contribution is 2.42. The van der Waals surface area contributed by atoms with Gasteiger partial charge >= 0.3 is 0 Å². The summed E-state index contributed by atoms with van der Waals surface area (Å²) in [5, 5.41) is 0. The number of hydrogen-bond donors (Lipinski definition) is 0. The maximum Gasteiger partial charge on any atom is 0.0406 e. The fraction of sp³-hybridized carbons (Fsp3) is 0.421. The molecule has 0 radical (unpaired) electrons. The van der Waals surface area contributed by atoms with Crippen molar-refractivity contribution < 1.29 is 0 Å². The van der Waals surface area contributed by atoms with Crippen LogP contribution in [0.2, 0.25) is 0 Å². The van der Waals surface area contributed by atoms with Gasteiger partial charge < -0.3 is 4.90 Å². The summed E-state index contributed by atoms with van der Waals surface area (Å²) in [6, 6.07) is 18.7. The Morgan fingerprint density at radius 3 is 2.29 bits per heavy atom. The molecule has 2 saturated heterocycles. The van der Waals surface area contributed by atoms with Crippen molar-refractivity contribution in [3.63, 3.8) is 0 Å². The van der Waals surface area contributed by atoms with Gasteiger partial charge in [0.15, 0.2) is 0 Å². The second-order valence-corrected chi connectivity index (χ2v) is 6.49. The number of fused-ring (bicyclic) bond motifs is 2. The number of anilines is 1. The highest BCUT2D eigenvalue weighted by atomic mass is 15.2. The lowest BCUT2D eigenvalue weighted by Gasteiger charge is -2.40.